The van der Waals surface area contributed by atoms with Gasteiger partial charge in [-0.3, -0.25) is 0 Å². The Hall–Kier alpha value is -4.65. The highest BCUT2D eigenvalue weighted by Gasteiger charge is 2.21. The van der Waals surface area contributed by atoms with Crippen LogP contribution in [0, 0.1) is 0 Å². The molecule has 3 rings (SSSR count). The van der Waals surface area contributed by atoms with Gasteiger partial charge in [0.25, 0.3) is 0 Å². The zero-order valence-electron chi connectivity index (χ0n) is 25.6. The van der Waals surface area contributed by atoms with Crippen LogP contribution in [-0.4, -0.2) is 95.7 Å². The topological polar surface area (TPSA) is 145 Å². The maximum atomic E-state index is 12.8. The molecule has 0 aliphatic carbocycles. The number of hydrogen-bond donors (Lipinski definition) is 1. The number of benzene rings is 3. The highest BCUT2D eigenvalue weighted by atomic mass is 16.6. The van der Waals surface area contributed by atoms with E-state index in [9.17, 15) is 19.5 Å². The molecule has 0 radical (unpaired) electrons. The predicted octanol–water partition coefficient (Wildman–Crippen LogP) is 3.73. The first kappa shape index (κ1) is 34.8. The van der Waals surface area contributed by atoms with Gasteiger partial charge in [0.1, 0.15) is 35.6 Å². The normalized spacial score (nSPS) is 12.7. The number of rotatable bonds is 18. The molecule has 0 fully saturated rings. The quantitative estimate of drug-likeness (QED) is 0.162. The first-order valence-corrected chi connectivity index (χ1v) is 14.1. The molecule has 12 heteroatoms. The second kappa shape index (κ2) is 18.2. The Kier molecular flexibility index (Phi) is 14.1. The van der Waals surface area contributed by atoms with Gasteiger partial charge in [0.15, 0.2) is 0 Å². The highest BCUT2D eigenvalue weighted by Crippen LogP contribution is 2.16. The Balaban J connectivity index is 1.55. The van der Waals surface area contributed by atoms with Crippen LogP contribution in [-0.2, 0) is 23.7 Å². The molecule has 0 aliphatic heterocycles. The van der Waals surface area contributed by atoms with Crippen LogP contribution in [0.15, 0.2) is 72.8 Å². The predicted molar refractivity (Wildman–Crippen MR) is 161 cm³/mol. The zero-order chi connectivity index (χ0) is 32.6. The van der Waals surface area contributed by atoms with Crippen molar-refractivity contribution in [3.63, 3.8) is 0 Å². The molecule has 0 spiro atoms. The molecule has 12 nitrogen and oxygen atoms in total. The Morgan fingerprint density at radius 1 is 0.533 bits per heavy atom. The van der Waals surface area contributed by atoms with Gasteiger partial charge < -0.3 is 43.0 Å². The molecule has 45 heavy (non-hydrogen) atoms. The lowest BCUT2D eigenvalue weighted by Gasteiger charge is -2.21. The highest BCUT2D eigenvalue weighted by molar-refractivity contribution is 5.90. The standard InChI is InChI=1S/C33H38O12/c1-22(43-31(35)23-5-11-26(38-2)12-6-23)18-41-20-30(45-33(37)25-9-15-28(40-4)16-10-25)21-42-19-29(17-34)44-32(36)24-7-13-27(39-3)14-8-24/h5-16,22,29-30,34H,17-21H2,1-4H3. The smallest absolute Gasteiger partial charge is 0.338 e. The Morgan fingerprint density at radius 3 is 1.24 bits per heavy atom. The molecule has 3 unspecified atom stereocenters. The molecule has 3 atom stereocenters. The fraction of sp³-hybridized carbons (Fsp3) is 0.364. The van der Waals surface area contributed by atoms with Crippen LogP contribution < -0.4 is 14.2 Å². The van der Waals surface area contributed by atoms with Gasteiger partial charge in [-0.2, -0.15) is 0 Å². The largest absolute Gasteiger partial charge is 0.497 e. The van der Waals surface area contributed by atoms with E-state index < -0.39 is 42.8 Å². The minimum absolute atomic E-state index is 0.0111. The van der Waals surface area contributed by atoms with Crippen molar-refractivity contribution in [3.05, 3.63) is 89.5 Å². The number of aliphatic hydroxyl groups excluding tert-OH is 1. The van der Waals surface area contributed by atoms with Gasteiger partial charge in [-0.15, -0.1) is 0 Å². The number of hydrogen-bond acceptors (Lipinski definition) is 12. The van der Waals surface area contributed by atoms with Gasteiger partial charge in [0.05, 0.1) is 71.1 Å². The molecule has 0 heterocycles. The fourth-order valence-electron chi connectivity index (χ4n) is 3.84. The van der Waals surface area contributed by atoms with Gasteiger partial charge in [-0.25, -0.2) is 14.4 Å². The molecular formula is C33H38O12. The second-order valence-corrected chi connectivity index (χ2v) is 9.71. The summed E-state index contributed by atoms with van der Waals surface area (Å²) in [6.45, 7) is 0.771. The number of aliphatic hydroxyl groups is 1. The van der Waals surface area contributed by atoms with Crippen LogP contribution in [0.3, 0.4) is 0 Å². The molecule has 0 amide bonds. The third kappa shape index (κ3) is 11.4. The summed E-state index contributed by atoms with van der Waals surface area (Å²) < 4.78 is 43.1. The average molecular weight is 627 g/mol. The SMILES string of the molecule is COc1ccc(C(=O)OC(C)COCC(COCC(CO)OC(=O)c2ccc(OC)cc2)OC(=O)c2ccc(OC)cc2)cc1. The van der Waals surface area contributed by atoms with Crippen LogP contribution in [0.2, 0.25) is 0 Å². The monoisotopic (exact) mass is 626 g/mol. The van der Waals surface area contributed by atoms with Crippen molar-refractivity contribution in [3.8, 4) is 17.2 Å². The molecule has 242 valence electrons. The molecule has 3 aromatic carbocycles. The van der Waals surface area contributed by atoms with Crippen molar-refractivity contribution in [1.82, 2.24) is 0 Å². The lowest BCUT2D eigenvalue weighted by atomic mass is 10.2. The molecule has 0 saturated heterocycles. The third-order valence-electron chi connectivity index (χ3n) is 6.30. The molecule has 0 bridgehead atoms. The van der Waals surface area contributed by atoms with E-state index in [1.807, 2.05) is 0 Å². The Labute approximate surface area is 261 Å². The molecule has 3 aromatic rings. The minimum Gasteiger partial charge on any atom is -0.497 e. The fourth-order valence-corrected chi connectivity index (χ4v) is 3.84. The number of ether oxygens (including phenoxy) is 8. The van der Waals surface area contributed by atoms with Crippen LogP contribution in [0.4, 0.5) is 0 Å². The summed E-state index contributed by atoms with van der Waals surface area (Å²) in [5.41, 5.74) is 0.911. The van der Waals surface area contributed by atoms with E-state index in [0.717, 1.165) is 0 Å². The first-order chi connectivity index (χ1) is 21.8. The van der Waals surface area contributed by atoms with Crippen molar-refractivity contribution in [2.45, 2.75) is 25.2 Å². The minimum atomic E-state index is -0.976. The summed E-state index contributed by atoms with van der Waals surface area (Å²) in [5, 5.41) is 9.74. The van der Waals surface area contributed by atoms with Crippen LogP contribution in [0.1, 0.15) is 38.0 Å². The molecule has 1 N–H and O–H groups in total. The lowest BCUT2D eigenvalue weighted by molar-refractivity contribution is -0.0714. The Morgan fingerprint density at radius 2 is 0.867 bits per heavy atom. The third-order valence-corrected chi connectivity index (χ3v) is 6.30. The summed E-state index contributed by atoms with van der Waals surface area (Å²) in [7, 11) is 4.56. The van der Waals surface area contributed by atoms with Crippen molar-refractivity contribution >= 4 is 17.9 Å². The van der Waals surface area contributed by atoms with Crippen LogP contribution >= 0.6 is 0 Å². The first-order valence-electron chi connectivity index (χ1n) is 14.1. The number of esters is 3. The summed E-state index contributed by atoms with van der Waals surface area (Å²) >= 11 is 0. The average Bonchev–Trinajstić information content (AvgIpc) is 3.07. The number of carbonyl (C=O) groups is 3. The maximum absolute atomic E-state index is 12.8. The second-order valence-electron chi connectivity index (χ2n) is 9.71. The molecule has 0 saturated carbocycles. The molecular weight excluding hydrogens is 588 g/mol. The van der Waals surface area contributed by atoms with Gasteiger partial charge in [0, 0.05) is 0 Å². The van der Waals surface area contributed by atoms with E-state index in [4.69, 9.17) is 37.9 Å². The van der Waals surface area contributed by atoms with Gasteiger partial charge >= 0.3 is 17.9 Å². The van der Waals surface area contributed by atoms with Crippen molar-refractivity contribution < 1.29 is 57.4 Å². The van der Waals surface area contributed by atoms with Gasteiger partial charge in [-0.1, -0.05) is 0 Å². The van der Waals surface area contributed by atoms with Crippen molar-refractivity contribution in [1.29, 1.82) is 0 Å². The van der Waals surface area contributed by atoms with E-state index in [2.05, 4.69) is 0 Å². The van der Waals surface area contributed by atoms with Gasteiger partial charge in [-0.05, 0) is 79.7 Å². The lowest BCUT2D eigenvalue weighted by Crippen LogP contribution is -2.33. The maximum Gasteiger partial charge on any atom is 0.338 e. The zero-order valence-corrected chi connectivity index (χ0v) is 25.6. The summed E-state index contributed by atoms with van der Waals surface area (Å²) in [6, 6.07) is 19.2. The molecule has 0 aliphatic rings. The van der Waals surface area contributed by atoms with Crippen LogP contribution in [0.5, 0.6) is 17.2 Å². The van der Waals surface area contributed by atoms with E-state index in [0.29, 0.717) is 22.8 Å². The summed E-state index contributed by atoms with van der Waals surface area (Å²) in [4.78, 5) is 37.8. The van der Waals surface area contributed by atoms with Crippen molar-refractivity contribution in [2.24, 2.45) is 0 Å². The summed E-state index contributed by atoms with van der Waals surface area (Å²) in [6.07, 6.45) is -2.48. The molecule has 0 aromatic heterocycles. The summed E-state index contributed by atoms with van der Waals surface area (Å²) in [5.74, 6) is -0.0364. The van der Waals surface area contributed by atoms with E-state index in [-0.39, 0.29) is 37.6 Å². The number of carbonyl (C=O) groups excluding carboxylic acids is 3. The Bertz CT molecular complexity index is 1340. The van der Waals surface area contributed by atoms with E-state index >= 15 is 0 Å². The van der Waals surface area contributed by atoms with Gasteiger partial charge in [0.2, 0.25) is 0 Å². The number of methoxy groups -OCH3 is 3. The van der Waals surface area contributed by atoms with E-state index in [1.54, 1.807) is 67.6 Å². The van der Waals surface area contributed by atoms with Crippen molar-refractivity contribution in [2.75, 3.05) is 54.4 Å². The van der Waals surface area contributed by atoms with E-state index in [1.165, 1.54) is 33.5 Å². The van der Waals surface area contributed by atoms with Crippen LogP contribution in [0.25, 0.3) is 0 Å².